The Balaban J connectivity index is 2.17. The van der Waals surface area contributed by atoms with Crippen LogP contribution in [0.4, 0.5) is 4.39 Å². The normalized spacial score (nSPS) is 11.6. The zero-order chi connectivity index (χ0) is 19.8. The van der Waals surface area contributed by atoms with Crippen LogP contribution in [0.2, 0.25) is 0 Å². The Morgan fingerprint density at radius 3 is 2.48 bits per heavy atom. The largest absolute Gasteiger partial charge is 0.484 e. The Kier molecular flexibility index (Phi) is 7.34. The molecule has 1 atom stereocenters. The fourth-order valence-electron chi connectivity index (χ4n) is 2.85. The molecule has 6 heteroatoms. The summed E-state index contributed by atoms with van der Waals surface area (Å²) >= 11 is 0. The molecule has 27 heavy (non-hydrogen) atoms. The molecule has 0 saturated carbocycles. The molecule has 2 aromatic carbocycles. The summed E-state index contributed by atoms with van der Waals surface area (Å²) in [4.78, 5) is 26.6. The maximum atomic E-state index is 13.0. The molecular formula is C21H25FN2O3. The van der Waals surface area contributed by atoms with Gasteiger partial charge in [-0.1, -0.05) is 36.8 Å². The van der Waals surface area contributed by atoms with Crippen molar-refractivity contribution in [2.24, 2.45) is 0 Å². The van der Waals surface area contributed by atoms with Crippen molar-refractivity contribution in [1.29, 1.82) is 0 Å². The highest BCUT2D eigenvalue weighted by Crippen LogP contribution is 2.15. The quantitative estimate of drug-likeness (QED) is 0.775. The van der Waals surface area contributed by atoms with Crippen LogP contribution in [-0.4, -0.2) is 36.4 Å². The van der Waals surface area contributed by atoms with Crippen molar-refractivity contribution in [2.45, 2.75) is 32.9 Å². The first-order valence-corrected chi connectivity index (χ1v) is 8.89. The Morgan fingerprint density at radius 2 is 1.89 bits per heavy atom. The number of benzene rings is 2. The van der Waals surface area contributed by atoms with Crippen molar-refractivity contribution >= 4 is 11.8 Å². The van der Waals surface area contributed by atoms with Crippen molar-refractivity contribution < 1.29 is 18.7 Å². The lowest BCUT2D eigenvalue weighted by molar-refractivity contribution is -0.142. The van der Waals surface area contributed by atoms with Gasteiger partial charge < -0.3 is 15.0 Å². The van der Waals surface area contributed by atoms with Crippen LogP contribution in [0.3, 0.4) is 0 Å². The molecule has 0 spiro atoms. The number of halogens is 1. The van der Waals surface area contributed by atoms with Crippen LogP contribution < -0.4 is 10.1 Å². The highest BCUT2D eigenvalue weighted by Gasteiger charge is 2.28. The minimum absolute atomic E-state index is 0.222. The topological polar surface area (TPSA) is 58.6 Å². The maximum Gasteiger partial charge on any atom is 0.261 e. The Hall–Kier alpha value is -2.89. The predicted molar refractivity (Wildman–Crippen MR) is 102 cm³/mol. The molecular weight excluding hydrogens is 347 g/mol. The van der Waals surface area contributed by atoms with Crippen LogP contribution in [0.5, 0.6) is 5.75 Å². The molecule has 0 saturated heterocycles. The molecule has 0 heterocycles. The monoisotopic (exact) mass is 372 g/mol. The standard InChI is InChI=1S/C21H25FN2O3/c1-4-19(21(26)23-3)24(13-16-7-5-6-15(2)12-16)20(25)14-27-18-10-8-17(22)9-11-18/h5-12,19H,4,13-14H2,1-3H3,(H,23,26)/t19-/m1/s1. The van der Waals surface area contributed by atoms with E-state index in [1.165, 1.54) is 29.2 Å². The Labute approximate surface area is 159 Å². The first kappa shape index (κ1) is 20.4. The lowest BCUT2D eigenvalue weighted by Crippen LogP contribution is -2.49. The van der Waals surface area contributed by atoms with Crippen molar-refractivity contribution in [2.75, 3.05) is 13.7 Å². The third-order valence-corrected chi connectivity index (χ3v) is 4.24. The van der Waals surface area contributed by atoms with E-state index in [1.54, 1.807) is 7.05 Å². The zero-order valence-electron chi connectivity index (χ0n) is 15.9. The Morgan fingerprint density at radius 1 is 1.19 bits per heavy atom. The fourth-order valence-corrected chi connectivity index (χ4v) is 2.85. The summed E-state index contributed by atoms with van der Waals surface area (Å²) in [6.07, 6.45) is 0.480. The van der Waals surface area contributed by atoms with E-state index in [0.29, 0.717) is 18.7 Å². The molecule has 0 radical (unpaired) electrons. The third-order valence-electron chi connectivity index (χ3n) is 4.24. The van der Waals surface area contributed by atoms with Crippen molar-refractivity contribution in [3.05, 3.63) is 65.5 Å². The van der Waals surface area contributed by atoms with Gasteiger partial charge in [-0.05, 0) is 43.2 Å². The minimum atomic E-state index is -0.597. The van der Waals surface area contributed by atoms with Crippen LogP contribution in [0.1, 0.15) is 24.5 Å². The van der Waals surface area contributed by atoms with E-state index >= 15 is 0 Å². The number of nitrogens with zero attached hydrogens (tertiary/aromatic N) is 1. The summed E-state index contributed by atoms with van der Waals surface area (Å²) in [7, 11) is 1.55. The zero-order valence-corrected chi connectivity index (χ0v) is 15.9. The van der Waals surface area contributed by atoms with Gasteiger partial charge in [-0.15, -0.1) is 0 Å². The van der Waals surface area contributed by atoms with Crippen LogP contribution in [-0.2, 0) is 16.1 Å². The fraction of sp³-hybridized carbons (Fsp3) is 0.333. The van der Waals surface area contributed by atoms with E-state index < -0.39 is 6.04 Å². The van der Waals surface area contributed by atoms with Gasteiger partial charge in [-0.2, -0.15) is 0 Å². The minimum Gasteiger partial charge on any atom is -0.484 e. The smallest absolute Gasteiger partial charge is 0.261 e. The number of hydrogen-bond acceptors (Lipinski definition) is 3. The molecule has 0 aliphatic rings. The molecule has 5 nitrogen and oxygen atoms in total. The van der Waals surface area contributed by atoms with Gasteiger partial charge in [0.15, 0.2) is 6.61 Å². The van der Waals surface area contributed by atoms with Crippen LogP contribution >= 0.6 is 0 Å². The van der Waals surface area contributed by atoms with Gasteiger partial charge >= 0.3 is 0 Å². The number of rotatable bonds is 8. The average Bonchev–Trinajstić information content (AvgIpc) is 2.67. The maximum absolute atomic E-state index is 13.0. The number of aryl methyl sites for hydroxylation is 1. The number of carbonyl (C=O) groups excluding carboxylic acids is 2. The van der Waals surface area contributed by atoms with E-state index in [-0.39, 0.29) is 24.2 Å². The number of hydrogen-bond donors (Lipinski definition) is 1. The molecule has 2 aromatic rings. The van der Waals surface area contributed by atoms with Gasteiger partial charge in [0.1, 0.15) is 17.6 Å². The average molecular weight is 372 g/mol. The molecule has 0 fully saturated rings. The van der Waals surface area contributed by atoms with E-state index in [1.807, 2.05) is 38.1 Å². The van der Waals surface area contributed by atoms with Crippen molar-refractivity contribution in [3.63, 3.8) is 0 Å². The Bertz CT molecular complexity index is 777. The van der Waals surface area contributed by atoms with E-state index in [2.05, 4.69) is 5.32 Å². The number of amides is 2. The van der Waals surface area contributed by atoms with Gasteiger partial charge in [0.2, 0.25) is 5.91 Å². The molecule has 1 N–H and O–H groups in total. The lowest BCUT2D eigenvalue weighted by atomic mass is 10.1. The summed E-state index contributed by atoms with van der Waals surface area (Å²) < 4.78 is 18.5. The second-order valence-electron chi connectivity index (χ2n) is 6.29. The van der Waals surface area contributed by atoms with Gasteiger partial charge in [0.05, 0.1) is 0 Å². The summed E-state index contributed by atoms with van der Waals surface area (Å²) in [5, 5.41) is 2.61. The highest BCUT2D eigenvalue weighted by molar-refractivity contribution is 5.88. The summed E-state index contributed by atoms with van der Waals surface area (Å²) in [5.41, 5.74) is 2.02. The molecule has 0 aliphatic heterocycles. The molecule has 2 rings (SSSR count). The number of likely N-dealkylation sites (N-methyl/N-ethyl adjacent to an activating group) is 1. The first-order valence-electron chi connectivity index (χ1n) is 8.89. The first-order chi connectivity index (χ1) is 12.9. The van der Waals surface area contributed by atoms with E-state index in [0.717, 1.165) is 11.1 Å². The summed E-state index contributed by atoms with van der Waals surface area (Å²) in [6.45, 7) is 3.91. The van der Waals surface area contributed by atoms with Crippen LogP contribution in [0.25, 0.3) is 0 Å². The summed E-state index contributed by atoms with van der Waals surface area (Å²) in [6, 6.07) is 12.7. The molecule has 2 amide bonds. The van der Waals surface area contributed by atoms with Crippen molar-refractivity contribution in [1.82, 2.24) is 10.2 Å². The van der Waals surface area contributed by atoms with Gasteiger partial charge in [-0.3, -0.25) is 9.59 Å². The number of nitrogens with one attached hydrogen (secondary N) is 1. The molecule has 0 bridgehead atoms. The second-order valence-corrected chi connectivity index (χ2v) is 6.29. The number of carbonyl (C=O) groups is 2. The van der Waals surface area contributed by atoms with Crippen LogP contribution in [0, 0.1) is 12.7 Å². The summed E-state index contributed by atoms with van der Waals surface area (Å²) in [5.74, 6) is -0.509. The molecule has 144 valence electrons. The van der Waals surface area contributed by atoms with Gasteiger partial charge in [0, 0.05) is 13.6 Å². The third kappa shape index (κ3) is 5.81. The molecule has 0 aliphatic carbocycles. The molecule has 0 unspecified atom stereocenters. The highest BCUT2D eigenvalue weighted by atomic mass is 19.1. The predicted octanol–water partition coefficient (Wildman–Crippen LogP) is 3.07. The van der Waals surface area contributed by atoms with Crippen LogP contribution in [0.15, 0.2) is 48.5 Å². The SMILES string of the molecule is CC[C@H](C(=O)NC)N(Cc1cccc(C)c1)C(=O)COc1ccc(F)cc1. The second kappa shape index (κ2) is 9.71. The van der Waals surface area contributed by atoms with E-state index in [4.69, 9.17) is 4.74 Å². The van der Waals surface area contributed by atoms with Gasteiger partial charge in [0.25, 0.3) is 5.91 Å². The lowest BCUT2D eigenvalue weighted by Gasteiger charge is -2.30. The van der Waals surface area contributed by atoms with Gasteiger partial charge in [-0.25, -0.2) is 4.39 Å². The van der Waals surface area contributed by atoms with E-state index in [9.17, 15) is 14.0 Å². The van der Waals surface area contributed by atoms with Crippen molar-refractivity contribution in [3.8, 4) is 5.75 Å². The number of ether oxygens (including phenoxy) is 1. The molecule has 0 aromatic heterocycles.